The van der Waals surface area contributed by atoms with Crippen molar-refractivity contribution in [2.75, 3.05) is 16.8 Å². The molecule has 146 valence electrons. The van der Waals surface area contributed by atoms with Crippen LogP contribution in [0.5, 0.6) is 0 Å². The smallest absolute Gasteiger partial charge is 0.234 e. The molecule has 1 fully saturated rings. The summed E-state index contributed by atoms with van der Waals surface area (Å²) in [5.41, 5.74) is 2.78. The fourth-order valence-electron chi connectivity index (χ4n) is 3.32. The van der Waals surface area contributed by atoms with Gasteiger partial charge in [0.2, 0.25) is 11.8 Å². The van der Waals surface area contributed by atoms with Crippen molar-refractivity contribution in [2.24, 2.45) is 5.41 Å². The Hall–Kier alpha value is -2.95. The molecule has 2 aromatic carbocycles. The number of benzene rings is 2. The molecule has 1 heterocycles. The highest BCUT2D eigenvalue weighted by atomic mass is 16.2. The van der Waals surface area contributed by atoms with Crippen LogP contribution in [0, 0.1) is 12.3 Å². The van der Waals surface area contributed by atoms with Gasteiger partial charge in [0.15, 0.2) is 5.78 Å². The molecule has 5 nitrogen and oxygen atoms in total. The lowest BCUT2D eigenvalue weighted by atomic mass is 9.82. The average molecular weight is 378 g/mol. The zero-order valence-corrected chi connectivity index (χ0v) is 16.6. The minimum absolute atomic E-state index is 0.0432. The number of aryl methyl sites for hydroxylation is 1. The normalized spacial score (nSPS) is 15.1. The van der Waals surface area contributed by atoms with Gasteiger partial charge in [0.25, 0.3) is 0 Å². The molecule has 0 saturated carbocycles. The van der Waals surface area contributed by atoms with Gasteiger partial charge in [0, 0.05) is 24.9 Å². The van der Waals surface area contributed by atoms with Crippen molar-refractivity contribution >= 4 is 29.0 Å². The van der Waals surface area contributed by atoms with Gasteiger partial charge in [-0.05, 0) is 39.3 Å². The van der Waals surface area contributed by atoms with Gasteiger partial charge in [-0.25, -0.2) is 0 Å². The fraction of sp³-hybridized carbons (Fsp3) is 0.348. The van der Waals surface area contributed by atoms with Crippen molar-refractivity contribution in [1.29, 1.82) is 0 Å². The molecule has 1 saturated heterocycles. The number of rotatable bonds is 7. The second-order valence-corrected chi connectivity index (χ2v) is 7.98. The average Bonchev–Trinajstić information content (AvgIpc) is 2.67. The Bertz CT molecular complexity index is 900. The summed E-state index contributed by atoms with van der Waals surface area (Å²) in [5.74, 6) is -0.0594. The highest BCUT2D eigenvalue weighted by Crippen LogP contribution is 2.38. The lowest BCUT2D eigenvalue weighted by Crippen LogP contribution is -2.58. The van der Waals surface area contributed by atoms with Crippen LogP contribution in [-0.4, -0.2) is 24.1 Å². The molecular formula is C23H26N2O3. The minimum atomic E-state index is -0.354. The first kappa shape index (κ1) is 19.8. The first-order chi connectivity index (χ1) is 13.3. The van der Waals surface area contributed by atoms with Gasteiger partial charge in [-0.1, -0.05) is 42.0 Å². The predicted octanol–water partition coefficient (Wildman–Crippen LogP) is 4.36. The van der Waals surface area contributed by atoms with Crippen LogP contribution < -0.4 is 10.2 Å². The van der Waals surface area contributed by atoms with E-state index in [1.54, 1.807) is 11.0 Å². The van der Waals surface area contributed by atoms with Crippen LogP contribution in [0.2, 0.25) is 0 Å². The molecule has 0 aliphatic carbocycles. The van der Waals surface area contributed by atoms with Crippen LogP contribution >= 0.6 is 0 Å². The summed E-state index contributed by atoms with van der Waals surface area (Å²) < 4.78 is 0. The van der Waals surface area contributed by atoms with E-state index in [9.17, 15) is 14.4 Å². The van der Waals surface area contributed by atoms with Crippen LogP contribution in [-0.2, 0) is 9.59 Å². The number of hydrogen-bond acceptors (Lipinski definition) is 3. The molecule has 0 atom stereocenters. The molecule has 1 N–H and O–H groups in total. The highest BCUT2D eigenvalue weighted by molar-refractivity contribution is 6.07. The third-order valence-corrected chi connectivity index (χ3v) is 5.03. The summed E-state index contributed by atoms with van der Waals surface area (Å²) in [4.78, 5) is 38.5. The molecule has 0 unspecified atom stereocenters. The molecule has 2 amide bonds. The van der Waals surface area contributed by atoms with Gasteiger partial charge < -0.3 is 10.2 Å². The number of anilines is 2. The van der Waals surface area contributed by atoms with Crippen molar-refractivity contribution in [3.05, 3.63) is 59.7 Å². The van der Waals surface area contributed by atoms with Gasteiger partial charge in [0.1, 0.15) is 0 Å². The minimum Gasteiger partial charge on any atom is -0.324 e. The fourth-order valence-corrected chi connectivity index (χ4v) is 3.32. The van der Waals surface area contributed by atoms with E-state index in [2.05, 4.69) is 5.32 Å². The number of Topliss-reactive ketones (excluding diaryl/α,β-unsaturated/α-hetero) is 1. The molecule has 0 aromatic heterocycles. The van der Waals surface area contributed by atoms with Crippen molar-refractivity contribution in [3.8, 4) is 0 Å². The van der Waals surface area contributed by atoms with E-state index < -0.39 is 0 Å². The van der Waals surface area contributed by atoms with Crippen LogP contribution in [0.3, 0.4) is 0 Å². The van der Waals surface area contributed by atoms with Gasteiger partial charge in [-0.3, -0.25) is 14.4 Å². The van der Waals surface area contributed by atoms with E-state index in [0.717, 1.165) is 11.3 Å². The molecular weight excluding hydrogens is 352 g/mol. The molecule has 2 aromatic rings. The van der Waals surface area contributed by atoms with Crippen LogP contribution in [0.25, 0.3) is 0 Å². The number of nitrogens with zero attached hydrogens (tertiary/aromatic N) is 1. The number of hydrogen-bond donors (Lipinski definition) is 1. The lowest BCUT2D eigenvalue weighted by molar-refractivity contribution is -0.132. The summed E-state index contributed by atoms with van der Waals surface area (Å²) in [5, 5.41) is 2.88. The third-order valence-electron chi connectivity index (χ3n) is 5.03. The first-order valence-corrected chi connectivity index (χ1v) is 9.59. The first-order valence-electron chi connectivity index (χ1n) is 9.59. The summed E-state index contributed by atoms with van der Waals surface area (Å²) in [6, 6.07) is 14.8. The zero-order chi connectivity index (χ0) is 20.3. The topological polar surface area (TPSA) is 66.5 Å². The van der Waals surface area contributed by atoms with Crippen LogP contribution in [0.1, 0.15) is 49.0 Å². The summed E-state index contributed by atoms with van der Waals surface area (Å²) in [7, 11) is 0. The van der Waals surface area contributed by atoms with E-state index in [0.29, 0.717) is 30.6 Å². The van der Waals surface area contributed by atoms with Gasteiger partial charge >= 0.3 is 0 Å². The van der Waals surface area contributed by atoms with Crippen molar-refractivity contribution in [2.45, 2.75) is 40.0 Å². The number of carbonyl (C=O) groups excluding carboxylic acids is 3. The van der Waals surface area contributed by atoms with Gasteiger partial charge in [-0.2, -0.15) is 0 Å². The predicted molar refractivity (Wildman–Crippen MR) is 111 cm³/mol. The van der Waals surface area contributed by atoms with Gasteiger partial charge in [0.05, 0.1) is 16.8 Å². The number of para-hydroxylation sites is 2. The zero-order valence-electron chi connectivity index (χ0n) is 16.6. The Morgan fingerprint density at radius 1 is 1.04 bits per heavy atom. The Labute approximate surface area is 165 Å². The van der Waals surface area contributed by atoms with E-state index in [4.69, 9.17) is 0 Å². The Balaban J connectivity index is 1.54. The SMILES string of the molecule is Cc1ccc(C(=O)CCCC(=O)Nc2ccccc2N2CC(C)(C)C2=O)cc1. The van der Waals surface area contributed by atoms with Gasteiger partial charge in [-0.15, -0.1) is 0 Å². The lowest BCUT2D eigenvalue weighted by Gasteiger charge is -2.45. The number of β-lactam (4-membered cyclic amide) rings is 1. The second kappa shape index (κ2) is 7.97. The number of amides is 2. The summed E-state index contributed by atoms with van der Waals surface area (Å²) >= 11 is 0. The van der Waals surface area contributed by atoms with Crippen molar-refractivity contribution < 1.29 is 14.4 Å². The maximum atomic E-state index is 12.3. The largest absolute Gasteiger partial charge is 0.324 e. The summed E-state index contributed by atoms with van der Waals surface area (Å²) in [6.45, 7) is 6.44. The maximum Gasteiger partial charge on any atom is 0.234 e. The van der Waals surface area contributed by atoms with E-state index >= 15 is 0 Å². The standard InChI is InChI=1S/C23H26N2O3/c1-16-11-13-17(14-12-16)20(26)9-6-10-21(27)24-18-7-4-5-8-19(18)25-15-23(2,3)22(25)28/h4-5,7-8,11-14H,6,9-10,15H2,1-3H3,(H,24,27). The van der Waals surface area contributed by atoms with Crippen molar-refractivity contribution in [1.82, 2.24) is 0 Å². The Kier molecular flexibility index (Phi) is 5.63. The number of ketones is 1. The molecule has 28 heavy (non-hydrogen) atoms. The number of nitrogens with one attached hydrogen (secondary N) is 1. The molecule has 3 rings (SSSR count). The monoisotopic (exact) mass is 378 g/mol. The van der Waals surface area contributed by atoms with Crippen molar-refractivity contribution in [3.63, 3.8) is 0 Å². The Morgan fingerprint density at radius 3 is 2.36 bits per heavy atom. The Morgan fingerprint density at radius 2 is 1.71 bits per heavy atom. The molecule has 1 aliphatic heterocycles. The third kappa shape index (κ3) is 4.30. The van der Waals surface area contributed by atoms with E-state index in [-0.39, 0.29) is 29.4 Å². The van der Waals surface area contributed by atoms with Crippen LogP contribution in [0.15, 0.2) is 48.5 Å². The maximum absolute atomic E-state index is 12.3. The van der Waals surface area contributed by atoms with Crippen LogP contribution in [0.4, 0.5) is 11.4 Å². The number of carbonyl (C=O) groups is 3. The summed E-state index contributed by atoms with van der Waals surface area (Å²) in [6.07, 6.45) is 1.07. The quantitative estimate of drug-likeness (QED) is 0.575. The molecule has 0 radical (unpaired) electrons. The second-order valence-electron chi connectivity index (χ2n) is 7.98. The molecule has 0 spiro atoms. The molecule has 0 bridgehead atoms. The highest BCUT2D eigenvalue weighted by Gasteiger charge is 2.45. The van der Waals surface area contributed by atoms with E-state index in [1.165, 1.54) is 0 Å². The molecule has 1 aliphatic rings. The molecule has 5 heteroatoms. The van der Waals surface area contributed by atoms with E-state index in [1.807, 2.05) is 63.2 Å².